The van der Waals surface area contributed by atoms with Crippen molar-refractivity contribution in [2.24, 2.45) is 5.92 Å². The molecule has 0 bridgehead atoms. The standard InChI is InChI=1S/C21H25F2N3O3/c1-13(2)18-11-24-12-19(26-18)28-16-7-3-14(4-8-16)20(27)25-15-5-9-17(10-6-15)29-21(22)23/h5-6,9-14,16,21H,3-4,7-8H2,1-2H3,(H,25,27)/t14-,16+. The summed E-state index contributed by atoms with van der Waals surface area (Å²) in [5.74, 6) is 0.671. The second-order valence-corrected chi connectivity index (χ2v) is 7.42. The van der Waals surface area contributed by atoms with Crippen LogP contribution in [0.5, 0.6) is 11.6 Å². The van der Waals surface area contributed by atoms with E-state index in [0.29, 0.717) is 24.4 Å². The van der Waals surface area contributed by atoms with Crippen LogP contribution in [-0.2, 0) is 4.79 Å². The lowest BCUT2D eigenvalue weighted by Crippen LogP contribution is -2.31. The number of hydrogen-bond acceptors (Lipinski definition) is 5. The van der Waals surface area contributed by atoms with Crippen LogP contribution in [0.25, 0.3) is 0 Å². The van der Waals surface area contributed by atoms with Gasteiger partial charge in [-0.05, 0) is 55.9 Å². The fraction of sp³-hybridized carbons (Fsp3) is 0.476. The molecular formula is C21H25F2N3O3. The van der Waals surface area contributed by atoms with E-state index in [-0.39, 0.29) is 29.6 Å². The van der Waals surface area contributed by atoms with E-state index in [9.17, 15) is 13.6 Å². The van der Waals surface area contributed by atoms with E-state index in [1.807, 2.05) is 0 Å². The van der Waals surface area contributed by atoms with Gasteiger partial charge in [-0.2, -0.15) is 8.78 Å². The number of amides is 1. The molecule has 0 radical (unpaired) electrons. The average Bonchev–Trinajstić information content (AvgIpc) is 2.70. The zero-order valence-corrected chi connectivity index (χ0v) is 16.5. The third-order valence-corrected chi connectivity index (χ3v) is 4.90. The summed E-state index contributed by atoms with van der Waals surface area (Å²) in [4.78, 5) is 21.2. The van der Waals surface area contributed by atoms with Crippen LogP contribution >= 0.6 is 0 Å². The van der Waals surface area contributed by atoms with Crippen molar-refractivity contribution in [3.63, 3.8) is 0 Å². The van der Waals surface area contributed by atoms with Gasteiger partial charge < -0.3 is 14.8 Å². The third-order valence-electron chi connectivity index (χ3n) is 4.90. The molecule has 0 aliphatic heterocycles. The van der Waals surface area contributed by atoms with Gasteiger partial charge in [-0.1, -0.05) is 13.8 Å². The molecule has 156 valence electrons. The molecule has 3 rings (SSSR count). The van der Waals surface area contributed by atoms with Gasteiger partial charge in [0.2, 0.25) is 11.8 Å². The van der Waals surface area contributed by atoms with Crippen LogP contribution in [0.2, 0.25) is 0 Å². The summed E-state index contributed by atoms with van der Waals surface area (Å²) >= 11 is 0. The van der Waals surface area contributed by atoms with Gasteiger partial charge >= 0.3 is 6.61 Å². The van der Waals surface area contributed by atoms with E-state index < -0.39 is 6.61 Å². The number of aromatic nitrogens is 2. The molecule has 1 aromatic heterocycles. The highest BCUT2D eigenvalue weighted by molar-refractivity contribution is 5.92. The van der Waals surface area contributed by atoms with Crippen LogP contribution in [-0.4, -0.2) is 28.6 Å². The predicted molar refractivity (Wildman–Crippen MR) is 104 cm³/mol. The molecule has 0 spiro atoms. The van der Waals surface area contributed by atoms with Crippen molar-refractivity contribution in [2.75, 3.05) is 5.32 Å². The number of benzene rings is 1. The zero-order chi connectivity index (χ0) is 20.8. The van der Waals surface area contributed by atoms with Crippen LogP contribution in [0.15, 0.2) is 36.7 Å². The maximum Gasteiger partial charge on any atom is 0.387 e. The van der Waals surface area contributed by atoms with Gasteiger partial charge in [0.05, 0.1) is 11.9 Å². The summed E-state index contributed by atoms with van der Waals surface area (Å²) in [5.41, 5.74) is 1.44. The SMILES string of the molecule is CC(C)c1cncc(O[C@H]2CC[C@@H](C(=O)Nc3ccc(OC(F)F)cc3)CC2)n1. The molecule has 2 aromatic rings. The smallest absolute Gasteiger partial charge is 0.387 e. The number of carbonyl (C=O) groups excluding carboxylic acids is 1. The van der Waals surface area contributed by atoms with Crippen LogP contribution in [0.4, 0.5) is 14.5 Å². The summed E-state index contributed by atoms with van der Waals surface area (Å²) in [5, 5.41) is 2.83. The van der Waals surface area contributed by atoms with Crippen molar-refractivity contribution < 1.29 is 23.0 Å². The highest BCUT2D eigenvalue weighted by Gasteiger charge is 2.27. The molecule has 1 N–H and O–H groups in total. The van der Waals surface area contributed by atoms with E-state index in [1.54, 1.807) is 24.5 Å². The van der Waals surface area contributed by atoms with E-state index >= 15 is 0 Å². The van der Waals surface area contributed by atoms with E-state index in [0.717, 1.165) is 18.5 Å². The molecule has 29 heavy (non-hydrogen) atoms. The number of hydrogen-bond donors (Lipinski definition) is 1. The Morgan fingerprint density at radius 1 is 1.10 bits per heavy atom. The first kappa shape index (κ1) is 21.0. The van der Waals surface area contributed by atoms with Gasteiger partial charge in [0.25, 0.3) is 0 Å². The number of alkyl halides is 2. The minimum Gasteiger partial charge on any atom is -0.473 e. The molecule has 1 aromatic carbocycles. The molecule has 1 fully saturated rings. The van der Waals surface area contributed by atoms with Crippen molar-refractivity contribution in [1.29, 1.82) is 0 Å². The maximum atomic E-state index is 12.5. The molecule has 0 unspecified atom stereocenters. The number of rotatable bonds is 7. The minimum atomic E-state index is -2.87. The Morgan fingerprint density at radius 2 is 1.79 bits per heavy atom. The van der Waals surface area contributed by atoms with Crippen LogP contribution in [0.1, 0.15) is 51.1 Å². The van der Waals surface area contributed by atoms with Gasteiger partial charge in [0.15, 0.2) is 0 Å². The molecule has 6 nitrogen and oxygen atoms in total. The first-order valence-electron chi connectivity index (χ1n) is 9.75. The second kappa shape index (κ2) is 9.62. The largest absolute Gasteiger partial charge is 0.473 e. The van der Waals surface area contributed by atoms with Gasteiger partial charge in [-0.15, -0.1) is 0 Å². The highest BCUT2D eigenvalue weighted by atomic mass is 19.3. The van der Waals surface area contributed by atoms with Crippen LogP contribution < -0.4 is 14.8 Å². The zero-order valence-electron chi connectivity index (χ0n) is 16.5. The number of nitrogens with zero attached hydrogens (tertiary/aromatic N) is 2. The highest BCUT2D eigenvalue weighted by Crippen LogP contribution is 2.29. The summed E-state index contributed by atoms with van der Waals surface area (Å²) in [6.45, 7) is 1.24. The molecule has 0 atom stereocenters. The number of nitrogens with one attached hydrogen (secondary N) is 1. The van der Waals surface area contributed by atoms with Gasteiger partial charge in [-0.3, -0.25) is 9.78 Å². The Morgan fingerprint density at radius 3 is 2.41 bits per heavy atom. The molecule has 1 amide bonds. The summed E-state index contributed by atoms with van der Waals surface area (Å²) in [6, 6.07) is 5.90. The fourth-order valence-corrected chi connectivity index (χ4v) is 3.27. The number of ether oxygens (including phenoxy) is 2. The third kappa shape index (κ3) is 6.10. The lowest BCUT2D eigenvalue weighted by molar-refractivity contribution is -0.121. The van der Waals surface area contributed by atoms with Crippen molar-refractivity contribution in [2.45, 2.75) is 58.2 Å². The maximum absolute atomic E-state index is 12.5. The molecule has 1 saturated carbocycles. The molecule has 0 saturated heterocycles. The number of anilines is 1. The van der Waals surface area contributed by atoms with Crippen LogP contribution in [0, 0.1) is 5.92 Å². The average molecular weight is 405 g/mol. The van der Waals surface area contributed by atoms with E-state index in [4.69, 9.17) is 4.74 Å². The van der Waals surface area contributed by atoms with E-state index in [2.05, 4.69) is 33.9 Å². The van der Waals surface area contributed by atoms with Crippen molar-refractivity contribution in [3.8, 4) is 11.6 Å². The Balaban J connectivity index is 1.47. The Bertz CT molecular complexity index is 807. The topological polar surface area (TPSA) is 73.3 Å². The minimum absolute atomic E-state index is 0.0153. The number of carbonyl (C=O) groups is 1. The Hall–Kier alpha value is -2.77. The summed E-state index contributed by atoms with van der Waals surface area (Å²) in [6.07, 6.45) is 6.30. The first-order valence-corrected chi connectivity index (χ1v) is 9.75. The quantitative estimate of drug-likeness (QED) is 0.718. The van der Waals surface area contributed by atoms with Gasteiger partial charge in [-0.25, -0.2) is 4.98 Å². The first-order chi connectivity index (χ1) is 13.9. The summed E-state index contributed by atoms with van der Waals surface area (Å²) < 4.78 is 34.6. The van der Waals surface area contributed by atoms with Crippen molar-refractivity contribution >= 4 is 11.6 Å². The monoisotopic (exact) mass is 405 g/mol. The molecule has 8 heteroatoms. The Labute approximate surface area is 168 Å². The fourth-order valence-electron chi connectivity index (χ4n) is 3.27. The summed E-state index contributed by atoms with van der Waals surface area (Å²) in [7, 11) is 0. The lowest BCUT2D eigenvalue weighted by Gasteiger charge is -2.28. The molecule has 1 aliphatic rings. The molecule has 1 aliphatic carbocycles. The van der Waals surface area contributed by atoms with Gasteiger partial charge in [0, 0.05) is 17.8 Å². The Kier molecular flexibility index (Phi) is 6.95. The van der Waals surface area contributed by atoms with Crippen molar-refractivity contribution in [3.05, 3.63) is 42.4 Å². The normalized spacial score (nSPS) is 19.2. The number of halogens is 2. The lowest BCUT2D eigenvalue weighted by atomic mass is 9.86. The predicted octanol–water partition coefficient (Wildman–Crippen LogP) is 4.78. The molecular weight excluding hydrogens is 380 g/mol. The second-order valence-electron chi connectivity index (χ2n) is 7.42. The van der Waals surface area contributed by atoms with E-state index in [1.165, 1.54) is 12.1 Å². The van der Waals surface area contributed by atoms with Crippen LogP contribution in [0.3, 0.4) is 0 Å². The van der Waals surface area contributed by atoms with Gasteiger partial charge in [0.1, 0.15) is 11.9 Å². The molecule has 1 heterocycles. The van der Waals surface area contributed by atoms with Crippen molar-refractivity contribution in [1.82, 2.24) is 9.97 Å².